The summed E-state index contributed by atoms with van der Waals surface area (Å²) in [6.07, 6.45) is 0. The number of nitro benzene ring substituents is 1. The number of rotatable bonds is 12. The standard InChI is InChI=1S/C28H30Cl2N4O6S/c1-19(2)16-31-28(36)20(3)32(17-24-25(29)13-8-14-26(24)30)27(35)18-33(21-9-7-10-22(15-21)34(37)38)41(39,40)23-11-5-4-6-12-23/h4-15,19-20H,16-18H2,1-3H3,(H,31,36). The molecule has 0 saturated carbocycles. The number of hydrogen-bond acceptors (Lipinski definition) is 6. The molecule has 1 N–H and O–H groups in total. The normalized spacial score (nSPS) is 12.0. The Morgan fingerprint density at radius 1 is 0.951 bits per heavy atom. The van der Waals surface area contributed by atoms with E-state index in [9.17, 15) is 28.1 Å². The molecule has 218 valence electrons. The molecule has 1 unspecified atom stereocenters. The minimum absolute atomic E-state index is 0.0935. The minimum atomic E-state index is -4.37. The number of hydrogen-bond donors (Lipinski definition) is 1. The summed E-state index contributed by atoms with van der Waals surface area (Å²) < 4.78 is 28.4. The molecule has 13 heteroatoms. The van der Waals surface area contributed by atoms with Crippen molar-refractivity contribution in [3.63, 3.8) is 0 Å². The number of non-ortho nitro benzene ring substituents is 1. The molecule has 41 heavy (non-hydrogen) atoms. The summed E-state index contributed by atoms with van der Waals surface area (Å²) in [5.41, 5.74) is -0.0751. The molecule has 0 aliphatic rings. The van der Waals surface area contributed by atoms with E-state index >= 15 is 0 Å². The summed E-state index contributed by atoms with van der Waals surface area (Å²) >= 11 is 12.7. The minimum Gasteiger partial charge on any atom is -0.354 e. The molecule has 0 spiro atoms. The summed E-state index contributed by atoms with van der Waals surface area (Å²) in [6.45, 7) is 4.76. The molecule has 0 radical (unpaired) electrons. The molecule has 0 aromatic heterocycles. The Kier molecular flexibility index (Phi) is 10.7. The van der Waals surface area contributed by atoms with E-state index in [-0.39, 0.29) is 38.8 Å². The Labute approximate surface area is 249 Å². The number of halogens is 2. The third-order valence-electron chi connectivity index (χ3n) is 6.18. The van der Waals surface area contributed by atoms with E-state index in [0.717, 1.165) is 10.4 Å². The first-order valence-electron chi connectivity index (χ1n) is 12.6. The number of carbonyl (C=O) groups excluding carboxylic acids is 2. The number of amides is 2. The third-order valence-corrected chi connectivity index (χ3v) is 8.68. The van der Waals surface area contributed by atoms with Crippen LogP contribution < -0.4 is 9.62 Å². The van der Waals surface area contributed by atoms with Crippen molar-refractivity contribution in [3.05, 3.63) is 98.5 Å². The highest BCUT2D eigenvalue weighted by molar-refractivity contribution is 7.92. The van der Waals surface area contributed by atoms with Crippen molar-refractivity contribution < 1.29 is 22.9 Å². The monoisotopic (exact) mass is 620 g/mol. The second-order valence-electron chi connectivity index (χ2n) is 9.64. The number of nitro groups is 1. The summed E-state index contributed by atoms with van der Waals surface area (Å²) in [6, 6.07) is 16.1. The number of anilines is 1. The van der Waals surface area contributed by atoms with Gasteiger partial charge in [-0.05, 0) is 43.2 Å². The van der Waals surface area contributed by atoms with Crippen LogP contribution in [0.1, 0.15) is 26.3 Å². The SMILES string of the molecule is CC(C)CNC(=O)C(C)N(Cc1c(Cl)cccc1Cl)C(=O)CN(c1cccc([N+](=O)[O-])c1)S(=O)(=O)c1ccccc1. The molecule has 0 aliphatic carbocycles. The lowest BCUT2D eigenvalue weighted by atomic mass is 10.1. The van der Waals surface area contributed by atoms with Gasteiger partial charge in [-0.3, -0.25) is 24.0 Å². The Morgan fingerprint density at radius 2 is 1.56 bits per heavy atom. The molecule has 2 amide bonds. The quantitative estimate of drug-likeness (QED) is 0.216. The second kappa shape index (κ2) is 13.8. The predicted molar refractivity (Wildman–Crippen MR) is 158 cm³/mol. The van der Waals surface area contributed by atoms with E-state index in [1.165, 1.54) is 54.3 Å². The van der Waals surface area contributed by atoms with Gasteiger partial charge < -0.3 is 10.2 Å². The van der Waals surface area contributed by atoms with Crippen LogP contribution in [-0.2, 0) is 26.2 Å². The first-order valence-corrected chi connectivity index (χ1v) is 14.8. The van der Waals surface area contributed by atoms with E-state index in [1.54, 1.807) is 24.3 Å². The van der Waals surface area contributed by atoms with E-state index < -0.39 is 39.3 Å². The van der Waals surface area contributed by atoms with E-state index in [2.05, 4.69) is 5.32 Å². The van der Waals surface area contributed by atoms with Gasteiger partial charge in [0.15, 0.2) is 0 Å². The summed E-state index contributed by atoms with van der Waals surface area (Å²) in [7, 11) is -4.37. The maximum absolute atomic E-state index is 14.0. The number of benzene rings is 3. The highest BCUT2D eigenvalue weighted by Gasteiger charge is 2.33. The number of nitrogens with one attached hydrogen (secondary N) is 1. The molecule has 3 aromatic carbocycles. The van der Waals surface area contributed by atoms with Crippen LogP contribution in [0.4, 0.5) is 11.4 Å². The Morgan fingerprint density at radius 3 is 2.15 bits per heavy atom. The molecule has 3 rings (SSSR count). The summed E-state index contributed by atoms with van der Waals surface area (Å²) in [5.74, 6) is -1.06. The zero-order valence-electron chi connectivity index (χ0n) is 22.7. The van der Waals surface area contributed by atoms with Gasteiger partial charge in [-0.2, -0.15) is 0 Å². The Bertz CT molecular complexity index is 1500. The fourth-order valence-electron chi connectivity index (χ4n) is 3.90. The fourth-order valence-corrected chi connectivity index (χ4v) is 5.84. The maximum Gasteiger partial charge on any atom is 0.271 e. The van der Waals surface area contributed by atoms with Crippen LogP contribution in [0.2, 0.25) is 10.0 Å². The lowest BCUT2D eigenvalue weighted by Crippen LogP contribution is -2.51. The van der Waals surface area contributed by atoms with Gasteiger partial charge in [-0.25, -0.2) is 8.42 Å². The number of nitrogens with zero attached hydrogens (tertiary/aromatic N) is 3. The van der Waals surface area contributed by atoms with Gasteiger partial charge in [0.05, 0.1) is 15.5 Å². The molecule has 1 atom stereocenters. The van der Waals surface area contributed by atoms with Crippen LogP contribution in [0.5, 0.6) is 0 Å². The van der Waals surface area contributed by atoms with Gasteiger partial charge in [0.1, 0.15) is 12.6 Å². The fraction of sp³-hybridized carbons (Fsp3) is 0.286. The van der Waals surface area contributed by atoms with Gasteiger partial charge in [0.25, 0.3) is 15.7 Å². The zero-order chi connectivity index (χ0) is 30.3. The van der Waals surface area contributed by atoms with Crippen LogP contribution in [0.15, 0.2) is 77.7 Å². The van der Waals surface area contributed by atoms with Crippen molar-refractivity contribution in [1.29, 1.82) is 0 Å². The molecule has 0 heterocycles. The average Bonchev–Trinajstić information content (AvgIpc) is 2.94. The predicted octanol–water partition coefficient (Wildman–Crippen LogP) is 5.29. The molecule has 0 fully saturated rings. The van der Waals surface area contributed by atoms with Gasteiger partial charge in [-0.15, -0.1) is 0 Å². The Hall–Kier alpha value is -3.67. The van der Waals surface area contributed by atoms with E-state index in [0.29, 0.717) is 12.1 Å². The van der Waals surface area contributed by atoms with Crippen LogP contribution in [0.25, 0.3) is 0 Å². The smallest absolute Gasteiger partial charge is 0.271 e. The largest absolute Gasteiger partial charge is 0.354 e. The van der Waals surface area contributed by atoms with Crippen molar-refractivity contribution in [2.24, 2.45) is 5.92 Å². The third kappa shape index (κ3) is 7.96. The first kappa shape index (κ1) is 31.9. The van der Waals surface area contributed by atoms with Crippen LogP contribution >= 0.6 is 23.2 Å². The van der Waals surface area contributed by atoms with Gasteiger partial charge in [-0.1, -0.05) is 67.4 Å². The highest BCUT2D eigenvalue weighted by atomic mass is 35.5. The van der Waals surface area contributed by atoms with Gasteiger partial charge >= 0.3 is 0 Å². The molecule has 10 nitrogen and oxygen atoms in total. The molecular weight excluding hydrogens is 591 g/mol. The summed E-state index contributed by atoms with van der Waals surface area (Å²) in [4.78, 5) is 38.9. The van der Waals surface area contributed by atoms with Crippen molar-refractivity contribution in [2.75, 3.05) is 17.4 Å². The van der Waals surface area contributed by atoms with Gasteiger partial charge in [0.2, 0.25) is 11.8 Å². The molecule has 0 saturated heterocycles. The summed E-state index contributed by atoms with van der Waals surface area (Å²) in [5, 5.41) is 14.8. The topological polar surface area (TPSA) is 130 Å². The number of sulfonamides is 1. The van der Waals surface area contributed by atoms with Crippen LogP contribution in [-0.4, -0.2) is 49.2 Å². The average molecular weight is 622 g/mol. The van der Waals surface area contributed by atoms with Crippen molar-refractivity contribution in [3.8, 4) is 0 Å². The van der Waals surface area contributed by atoms with Gasteiger partial charge in [0, 0.05) is 40.8 Å². The zero-order valence-corrected chi connectivity index (χ0v) is 25.0. The Balaban J connectivity index is 2.08. The highest BCUT2D eigenvalue weighted by Crippen LogP contribution is 2.29. The van der Waals surface area contributed by atoms with Crippen molar-refractivity contribution in [2.45, 2.75) is 38.3 Å². The van der Waals surface area contributed by atoms with E-state index in [1.807, 2.05) is 13.8 Å². The van der Waals surface area contributed by atoms with Crippen molar-refractivity contribution in [1.82, 2.24) is 10.2 Å². The maximum atomic E-state index is 14.0. The van der Waals surface area contributed by atoms with E-state index in [4.69, 9.17) is 23.2 Å². The first-order chi connectivity index (χ1) is 19.3. The lowest BCUT2D eigenvalue weighted by molar-refractivity contribution is -0.384. The van der Waals surface area contributed by atoms with Crippen LogP contribution in [0.3, 0.4) is 0 Å². The molecular formula is C28H30Cl2N4O6S. The van der Waals surface area contributed by atoms with Crippen LogP contribution in [0, 0.1) is 16.0 Å². The second-order valence-corrected chi connectivity index (χ2v) is 12.3. The number of carbonyl (C=O) groups is 2. The molecule has 0 aliphatic heterocycles. The van der Waals surface area contributed by atoms with Crippen molar-refractivity contribution >= 4 is 56.4 Å². The lowest BCUT2D eigenvalue weighted by Gasteiger charge is -2.32. The molecule has 3 aromatic rings. The molecule has 0 bridgehead atoms.